The van der Waals surface area contributed by atoms with Gasteiger partial charge in [-0.3, -0.25) is 4.90 Å². The third-order valence-electron chi connectivity index (χ3n) is 5.26. The van der Waals surface area contributed by atoms with E-state index in [-0.39, 0.29) is 0 Å². The molecule has 1 saturated heterocycles. The van der Waals surface area contributed by atoms with E-state index in [1.807, 2.05) is 18.2 Å². The molecule has 148 valence electrons. The van der Waals surface area contributed by atoms with Crippen LogP contribution in [-0.4, -0.2) is 41.2 Å². The Labute approximate surface area is 161 Å². The summed E-state index contributed by atoms with van der Waals surface area (Å²) in [6.45, 7) is 2.40. The van der Waals surface area contributed by atoms with Crippen molar-refractivity contribution in [2.24, 2.45) is 0 Å². The molecule has 1 aliphatic rings. The van der Waals surface area contributed by atoms with Crippen LogP contribution in [0.15, 0.2) is 42.5 Å². The van der Waals surface area contributed by atoms with E-state index in [2.05, 4.69) is 28.0 Å². The first-order valence-electron chi connectivity index (χ1n) is 9.34. The maximum absolute atomic E-state index is 12.9. The van der Waals surface area contributed by atoms with Crippen molar-refractivity contribution in [1.29, 1.82) is 0 Å². The lowest BCUT2D eigenvalue weighted by atomic mass is 10.1. The zero-order chi connectivity index (χ0) is 19.7. The summed E-state index contributed by atoms with van der Waals surface area (Å²) >= 11 is 0. The van der Waals surface area contributed by atoms with E-state index >= 15 is 0 Å². The van der Waals surface area contributed by atoms with Crippen LogP contribution in [0.25, 0.3) is 22.4 Å². The number of benzene rings is 2. The number of H-pyrrole nitrogens is 1. The second-order valence-corrected chi connectivity index (χ2v) is 7.27. The average Bonchev–Trinajstić information content (AvgIpc) is 3.12. The highest BCUT2D eigenvalue weighted by molar-refractivity contribution is 5.80. The minimum atomic E-state index is -4.37. The molecule has 7 heteroatoms. The van der Waals surface area contributed by atoms with Gasteiger partial charge in [-0.2, -0.15) is 13.2 Å². The summed E-state index contributed by atoms with van der Waals surface area (Å²) < 4.78 is 44.2. The molecule has 0 bridgehead atoms. The number of imidazole rings is 1. The topological polar surface area (TPSA) is 41.2 Å². The van der Waals surface area contributed by atoms with E-state index in [0.717, 1.165) is 55.9 Å². The number of hydrogen-bond donors (Lipinski definition) is 1. The van der Waals surface area contributed by atoms with E-state index in [1.54, 1.807) is 0 Å². The number of halogens is 3. The fourth-order valence-electron chi connectivity index (χ4n) is 3.68. The Morgan fingerprint density at radius 3 is 2.68 bits per heavy atom. The number of ether oxygens (including phenoxy) is 1. The van der Waals surface area contributed by atoms with Gasteiger partial charge in [0.05, 0.1) is 16.6 Å². The predicted octanol–water partition coefficient (Wildman–Crippen LogP) is 4.86. The number of hydrogen-bond acceptors (Lipinski definition) is 3. The Hall–Kier alpha value is -2.38. The van der Waals surface area contributed by atoms with E-state index in [9.17, 15) is 13.2 Å². The summed E-state index contributed by atoms with van der Waals surface area (Å²) in [6, 6.07) is 12.1. The van der Waals surface area contributed by atoms with E-state index in [1.165, 1.54) is 6.07 Å². The van der Waals surface area contributed by atoms with Crippen molar-refractivity contribution in [3.63, 3.8) is 0 Å². The maximum atomic E-state index is 12.9. The maximum Gasteiger partial charge on any atom is 0.416 e. The van der Waals surface area contributed by atoms with Gasteiger partial charge in [0.15, 0.2) is 0 Å². The van der Waals surface area contributed by atoms with Crippen molar-refractivity contribution < 1.29 is 17.9 Å². The van der Waals surface area contributed by atoms with Gasteiger partial charge >= 0.3 is 6.18 Å². The Morgan fingerprint density at radius 2 is 1.93 bits per heavy atom. The average molecular weight is 389 g/mol. The van der Waals surface area contributed by atoms with Crippen LogP contribution in [0.4, 0.5) is 13.2 Å². The molecule has 28 heavy (non-hydrogen) atoms. The van der Waals surface area contributed by atoms with Crippen LogP contribution in [0.3, 0.4) is 0 Å². The minimum absolute atomic E-state index is 0.314. The molecule has 4 nitrogen and oxygen atoms in total. The lowest BCUT2D eigenvalue weighted by molar-refractivity contribution is -0.137. The quantitative estimate of drug-likeness (QED) is 0.693. The van der Waals surface area contributed by atoms with Gasteiger partial charge in [0.25, 0.3) is 0 Å². The van der Waals surface area contributed by atoms with Gasteiger partial charge in [-0.25, -0.2) is 4.98 Å². The Morgan fingerprint density at radius 1 is 1.14 bits per heavy atom. The van der Waals surface area contributed by atoms with E-state index in [4.69, 9.17) is 4.74 Å². The first-order valence-corrected chi connectivity index (χ1v) is 9.34. The van der Waals surface area contributed by atoms with Gasteiger partial charge in [0.2, 0.25) is 0 Å². The molecule has 4 rings (SSSR count). The molecule has 3 aromatic rings. The number of rotatable bonds is 4. The predicted molar refractivity (Wildman–Crippen MR) is 102 cm³/mol. The molecule has 0 aliphatic carbocycles. The summed E-state index contributed by atoms with van der Waals surface area (Å²) in [5.74, 6) is 0.574. The zero-order valence-corrected chi connectivity index (χ0v) is 15.6. The fraction of sp³-hybridized carbons (Fsp3) is 0.381. The van der Waals surface area contributed by atoms with Gasteiger partial charge < -0.3 is 9.72 Å². The normalized spacial score (nSPS) is 16.2. The summed E-state index contributed by atoms with van der Waals surface area (Å²) in [7, 11) is 2.11. The van der Waals surface area contributed by atoms with Crippen LogP contribution in [0, 0.1) is 0 Å². The molecule has 0 saturated carbocycles. The fourth-order valence-corrected chi connectivity index (χ4v) is 3.68. The van der Waals surface area contributed by atoms with E-state index in [0.29, 0.717) is 22.9 Å². The standard InChI is InChI=1S/C21H22F3N3O/c1-27(17-7-9-28-10-8-17)13-14-3-2-4-15(11-14)20-25-18-6-5-16(21(22,23)24)12-19(18)26-20/h2-6,11-12,17H,7-10,13H2,1H3,(H,25,26). The summed E-state index contributed by atoms with van der Waals surface area (Å²) in [5.41, 5.74) is 2.22. The van der Waals surface area contributed by atoms with Crippen molar-refractivity contribution in [3.8, 4) is 11.4 Å². The number of nitrogens with zero attached hydrogens (tertiary/aromatic N) is 2. The van der Waals surface area contributed by atoms with Gasteiger partial charge in [-0.15, -0.1) is 0 Å². The summed E-state index contributed by atoms with van der Waals surface area (Å²) in [5, 5.41) is 0. The number of aromatic nitrogens is 2. The Kier molecular flexibility index (Phi) is 5.12. The molecule has 1 N–H and O–H groups in total. The molecule has 2 heterocycles. The van der Waals surface area contributed by atoms with Crippen molar-refractivity contribution in [1.82, 2.24) is 14.9 Å². The van der Waals surface area contributed by atoms with Crippen LogP contribution < -0.4 is 0 Å². The highest BCUT2D eigenvalue weighted by atomic mass is 19.4. The van der Waals surface area contributed by atoms with Crippen LogP contribution in [0.5, 0.6) is 0 Å². The zero-order valence-electron chi connectivity index (χ0n) is 15.6. The minimum Gasteiger partial charge on any atom is -0.381 e. The van der Waals surface area contributed by atoms with E-state index < -0.39 is 11.7 Å². The highest BCUT2D eigenvalue weighted by Gasteiger charge is 2.30. The van der Waals surface area contributed by atoms with Crippen LogP contribution in [0.1, 0.15) is 24.0 Å². The lowest BCUT2D eigenvalue weighted by Gasteiger charge is -2.31. The van der Waals surface area contributed by atoms with Gasteiger partial charge in [0.1, 0.15) is 5.82 Å². The third-order valence-corrected chi connectivity index (χ3v) is 5.26. The molecular formula is C21H22F3N3O. The van der Waals surface area contributed by atoms with Gasteiger partial charge in [0, 0.05) is 31.4 Å². The second kappa shape index (κ2) is 7.56. The van der Waals surface area contributed by atoms with Crippen molar-refractivity contribution in [2.45, 2.75) is 31.6 Å². The molecule has 0 atom stereocenters. The Bertz CT molecular complexity index is 961. The van der Waals surface area contributed by atoms with Crippen LogP contribution >= 0.6 is 0 Å². The highest BCUT2D eigenvalue weighted by Crippen LogP contribution is 2.32. The first kappa shape index (κ1) is 19.0. The molecule has 0 amide bonds. The Balaban J connectivity index is 1.56. The number of nitrogens with one attached hydrogen (secondary N) is 1. The van der Waals surface area contributed by atoms with Crippen molar-refractivity contribution in [3.05, 3.63) is 53.6 Å². The van der Waals surface area contributed by atoms with Crippen LogP contribution in [0.2, 0.25) is 0 Å². The van der Waals surface area contributed by atoms with Crippen molar-refractivity contribution >= 4 is 11.0 Å². The first-order chi connectivity index (χ1) is 13.4. The van der Waals surface area contributed by atoms with Gasteiger partial charge in [-0.05, 0) is 49.7 Å². The summed E-state index contributed by atoms with van der Waals surface area (Å²) in [4.78, 5) is 9.84. The van der Waals surface area contributed by atoms with Crippen LogP contribution in [-0.2, 0) is 17.5 Å². The number of alkyl halides is 3. The molecule has 1 fully saturated rings. The van der Waals surface area contributed by atoms with Crippen molar-refractivity contribution in [2.75, 3.05) is 20.3 Å². The molecule has 0 radical (unpaired) electrons. The molecule has 1 aliphatic heterocycles. The van der Waals surface area contributed by atoms with Gasteiger partial charge in [-0.1, -0.05) is 18.2 Å². The lowest BCUT2D eigenvalue weighted by Crippen LogP contribution is -2.36. The molecule has 2 aromatic carbocycles. The molecule has 0 unspecified atom stereocenters. The smallest absolute Gasteiger partial charge is 0.381 e. The molecule has 1 aromatic heterocycles. The molecule has 0 spiro atoms. The second-order valence-electron chi connectivity index (χ2n) is 7.27. The number of fused-ring (bicyclic) bond motifs is 1. The number of aromatic amines is 1. The largest absolute Gasteiger partial charge is 0.416 e. The third kappa shape index (κ3) is 4.05. The SMILES string of the molecule is CN(Cc1cccc(-c2nc3cc(C(F)(F)F)ccc3[nH]2)c1)C1CCOCC1. The monoisotopic (exact) mass is 389 g/mol. The molecular weight excluding hydrogens is 367 g/mol. The summed E-state index contributed by atoms with van der Waals surface area (Å²) in [6.07, 6.45) is -2.31.